The number of nitrogens with one attached hydrogen (secondary N) is 1. The van der Waals surface area contributed by atoms with Crippen molar-refractivity contribution in [2.75, 3.05) is 13.2 Å². The van der Waals surface area contributed by atoms with E-state index in [0.29, 0.717) is 6.61 Å². The molecule has 1 rings (SSSR count). The summed E-state index contributed by atoms with van der Waals surface area (Å²) >= 11 is 3.56. The van der Waals surface area contributed by atoms with E-state index in [9.17, 15) is 0 Å². The van der Waals surface area contributed by atoms with Crippen LogP contribution in [-0.4, -0.2) is 13.2 Å². The van der Waals surface area contributed by atoms with Gasteiger partial charge in [-0.1, -0.05) is 19.1 Å². The fraction of sp³-hybridized carbons (Fsp3) is 0.588. The van der Waals surface area contributed by atoms with Gasteiger partial charge in [0.2, 0.25) is 0 Å². The Hall–Kier alpha value is -1.05. The zero-order valence-corrected chi connectivity index (χ0v) is 14.8. The summed E-state index contributed by atoms with van der Waals surface area (Å²) < 4.78 is 6.94. The van der Waals surface area contributed by atoms with E-state index >= 15 is 0 Å². The smallest absolute Gasteiger partial charge is 0.137 e. The SMILES string of the molecule is CCNCc1cccc(Br)c1OCCCCC(C)(C)C#N. The van der Waals surface area contributed by atoms with Crippen molar-refractivity contribution in [1.29, 1.82) is 5.26 Å². The molecule has 0 unspecified atom stereocenters. The van der Waals surface area contributed by atoms with Crippen molar-refractivity contribution in [3.8, 4) is 11.8 Å². The van der Waals surface area contributed by atoms with Crippen LogP contribution in [0, 0.1) is 16.7 Å². The Morgan fingerprint density at radius 2 is 2.10 bits per heavy atom. The lowest BCUT2D eigenvalue weighted by Gasteiger charge is -2.16. The Kier molecular flexibility index (Phi) is 7.77. The highest BCUT2D eigenvalue weighted by Crippen LogP contribution is 2.29. The number of nitrogens with zero attached hydrogens (tertiary/aromatic N) is 1. The van der Waals surface area contributed by atoms with E-state index in [1.54, 1.807) is 0 Å². The molecule has 0 saturated carbocycles. The van der Waals surface area contributed by atoms with Crippen molar-refractivity contribution in [1.82, 2.24) is 5.32 Å². The van der Waals surface area contributed by atoms with Crippen molar-refractivity contribution >= 4 is 15.9 Å². The van der Waals surface area contributed by atoms with E-state index in [1.807, 2.05) is 26.0 Å². The predicted molar refractivity (Wildman–Crippen MR) is 90.3 cm³/mol. The highest BCUT2D eigenvalue weighted by Gasteiger charge is 2.15. The fourth-order valence-electron chi connectivity index (χ4n) is 2.01. The molecule has 1 N–H and O–H groups in total. The van der Waals surface area contributed by atoms with Crippen LogP contribution in [0.25, 0.3) is 0 Å². The molecule has 0 fully saturated rings. The third-order valence-corrected chi connectivity index (χ3v) is 3.98. The predicted octanol–water partition coefficient (Wildman–Crippen LogP) is 4.66. The highest BCUT2D eigenvalue weighted by atomic mass is 79.9. The minimum Gasteiger partial charge on any atom is -0.492 e. The second-order valence-electron chi connectivity index (χ2n) is 5.81. The maximum Gasteiger partial charge on any atom is 0.137 e. The molecule has 0 aliphatic heterocycles. The minimum absolute atomic E-state index is 0.233. The number of hydrogen-bond donors (Lipinski definition) is 1. The first-order chi connectivity index (χ1) is 10.00. The molecular formula is C17H25BrN2O. The summed E-state index contributed by atoms with van der Waals surface area (Å²) in [5.41, 5.74) is 0.937. The molecule has 0 heterocycles. The molecule has 0 atom stereocenters. The Labute approximate surface area is 136 Å². The molecule has 0 aliphatic carbocycles. The van der Waals surface area contributed by atoms with Gasteiger partial charge in [0, 0.05) is 12.1 Å². The molecule has 0 spiro atoms. The van der Waals surface area contributed by atoms with Gasteiger partial charge in [-0.3, -0.25) is 0 Å². The van der Waals surface area contributed by atoms with Gasteiger partial charge in [-0.25, -0.2) is 0 Å². The zero-order valence-electron chi connectivity index (χ0n) is 13.2. The third kappa shape index (κ3) is 6.50. The zero-order chi connectivity index (χ0) is 15.7. The van der Waals surface area contributed by atoms with Crippen LogP contribution < -0.4 is 10.1 Å². The Balaban J connectivity index is 2.46. The molecule has 3 nitrogen and oxygen atoms in total. The van der Waals surface area contributed by atoms with Gasteiger partial charge in [0.1, 0.15) is 5.75 Å². The normalized spacial score (nSPS) is 11.2. The van der Waals surface area contributed by atoms with E-state index in [4.69, 9.17) is 10.00 Å². The molecule has 0 radical (unpaired) electrons. The largest absolute Gasteiger partial charge is 0.492 e. The lowest BCUT2D eigenvalue weighted by atomic mass is 9.89. The van der Waals surface area contributed by atoms with E-state index in [1.165, 1.54) is 5.56 Å². The monoisotopic (exact) mass is 352 g/mol. The first-order valence-electron chi connectivity index (χ1n) is 7.52. The third-order valence-electron chi connectivity index (χ3n) is 3.36. The van der Waals surface area contributed by atoms with Crippen LogP contribution in [0.3, 0.4) is 0 Å². The van der Waals surface area contributed by atoms with Gasteiger partial charge in [0.25, 0.3) is 0 Å². The standard InChI is InChI=1S/C17H25BrN2O/c1-4-20-12-14-8-7-9-15(18)16(14)21-11-6-5-10-17(2,3)13-19/h7-9,20H,4-6,10-12H2,1-3H3. The summed E-state index contributed by atoms with van der Waals surface area (Å²) in [5, 5.41) is 12.3. The van der Waals surface area contributed by atoms with Gasteiger partial charge < -0.3 is 10.1 Å². The van der Waals surface area contributed by atoms with Crippen LogP contribution in [0.1, 0.15) is 45.6 Å². The molecule has 0 saturated heterocycles. The van der Waals surface area contributed by atoms with Crippen LogP contribution in [0.15, 0.2) is 22.7 Å². The van der Waals surface area contributed by atoms with Gasteiger partial charge >= 0.3 is 0 Å². The highest BCUT2D eigenvalue weighted by molar-refractivity contribution is 9.10. The first-order valence-corrected chi connectivity index (χ1v) is 8.31. The summed E-state index contributed by atoms with van der Waals surface area (Å²) in [6, 6.07) is 8.45. The van der Waals surface area contributed by atoms with Crippen LogP contribution in [0.4, 0.5) is 0 Å². The van der Waals surface area contributed by atoms with Gasteiger partial charge in [0.05, 0.1) is 22.6 Å². The molecule has 0 aliphatic rings. The topological polar surface area (TPSA) is 45.0 Å². The van der Waals surface area contributed by atoms with Crippen LogP contribution in [0.5, 0.6) is 5.75 Å². The van der Waals surface area contributed by atoms with Crippen molar-refractivity contribution in [3.63, 3.8) is 0 Å². The fourth-order valence-corrected chi connectivity index (χ4v) is 2.53. The van der Waals surface area contributed by atoms with Gasteiger partial charge in [0.15, 0.2) is 0 Å². The Morgan fingerprint density at radius 3 is 2.76 bits per heavy atom. The quantitative estimate of drug-likeness (QED) is 0.657. The number of nitriles is 1. The lowest BCUT2D eigenvalue weighted by Crippen LogP contribution is -2.13. The van der Waals surface area contributed by atoms with Gasteiger partial charge in [-0.15, -0.1) is 0 Å². The van der Waals surface area contributed by atoms with E-state index in [0.717, 1.165) is 42.6 Å². The molecule has 116 valence electrons. The molecule has 1 aromatic rings. The molecular weight excluding hydrogens is 328 g/mol. The second-order valence-corrected chi connectivity index (χ2v) is 6.66. The average Bonchev–Trinajstić information content (AvgIpc) is 2.46. The molecule has 4 heteroatoms. The van der Waals surface area contributed by atoms with Crippen LogP contribution in [-0.2, 0) is 6.54 Å². The lowest BCUT2D eigenvalue weighted by molar-refractivity contribution is 0.290. The summed E-state index contributed by atoms with van der Waals surface area (Å²) in [4.78, 5) is 0. The van der Waals surface area contributed by atoms with Gasteiger partial charge in [-0.05, 0) is 61.7 Å². The van der Waals surface area contributed by atoms with Crippen LogP contribution in [0.2, 0.25) is 0 Å². The number of ether oxygens (including phenoxy) is 1. The van der Waals surface area contributed by atoms with E-state index in [2.05, 4.69) is 40.3 Å². The maximum absolute atomic E-state index is 8.99. The second kappa shape index (κ2) is 9.07. The molecule has 1 aromatic carbocycles. The number of halogens is 1. The summed E-state index contributed by atoms with van der Waals surface area (Å²) in [6.45, 7) is 8.49. The Morgan fingerprint density at radius 1 is 1.33 bits per heavy atom. The first kappa shape index (κ1) is 18.0. The maximum atomic E-state index is 8.99. The molecule has 0 bridgehead atoms. The number of rotatable bonds is 9. The van der Waals surface area contributed by atoms with E-state index < -0.39 is 0 Å². The number of unbranched alkanes of at least 4 members (excludes halogenated alkanes) is 1. The van der Waals surface area contributed by atoms with Crippen molar-refractivity contribution in [3.05, 3.63) is 28.2 Å². The minimum atomic E-state index is -0.233. The summed E-state index contributed by atoms with van der Waals surface area (Å²) in [6.07, 6.45) is 2.88. The van der Waals surface area contributed by atoms with Gasteiger partial charge in [-0.2, -0.15) is 5.26 Å². The van der Waals surface area contributed by atoms with Crippen molar-refractivity contribution in [2.24, 2.45) is 5.41 Å². The number of benzene rings is 1. The summed E-state index contributed by atoms with van der Waals surface area (Å²) in [7, 11) is 0. The molecule has 21 heavy (non-hydrogen) atoms. The average molecular weight is 353 g/mol. The molecule has 0 aromatic heterocycles. The number of para-hydroxylation sites is 1. The Bertz CT molecular complexity index is 480. The number of hydrogen-bond acceptors (Lipinski definition) is 3. The van der Waals surface area contributed by atoms with Crippen LogP contribution >= 0.6 is 15.9 Å². The van der Waals surface area contributed by atoms with Crippen molar-refractivity contribution in [2.45, 2.75) is 46.6 Å². The molecule has 0 amide bonds. The summed E-state index contributed by atoms with van der Waals surface area (Å²) in [5.74, 6) is 0.929. The van der Waals surface area contributed by atoms with Crippen molar-refractivity contribution < 1.29 is 4.74 Å². The van der Waals surface area contributed by atoms with E-state index in [-0.39, 0.29) is 5.41 Å².